The molecule has 3 heterocycles. The lowest BCUT2D eigenvalue weighted by Gasteiger charge is -2.32. The number of esters is 1. The van der Waals surface area contributed by atoms with Crippen molar-refractivity contribution in [1.82, 2.24) is 4.90 Å². The number of carbonyl (C=O) groups is 1. The van der Waals surface area contributed by atoms with Crippen molar-refractivity contribution in [3.63, 3.8) is 0 Å². The molecule has 1 aromatic carbocycles. The molecule has 2 aliphatic rings. The number of fused-ring (bicyclic) bond motifs is 2. The second kappa shape index (κ2) is 6.17. The number of hydrogen-bond acceptors (Lipinski definition) is 5. The summed E-state index contributed by atoms with van der Waals surface area (Å²) in [6.45, 7) is 0.684. The molecule has 0 unspecified atom stereocenters. The molecule has 124 valence electrons. The molecule has 24 heavy (non-hydrogen) atoms. The molecule has 0 radical (unpaired) electrons. The van der Waals surface area contributed by atoms with Gasteiger partial charge in [-0.05, 0) is 17.7 Å². The van der Waals surface area contributed by atoms with Crippen LogP contribution in [0.3, 0.4) is 0 Å². The fourth-order valence-electron chi connectivity index (χ4n) is 3.50. The maximum Gasteiger partial charge on any atom is 0.337 e. The molecular weight excluding hydrogens is 306 g/mol. The summed E-state index contributed by atoms with van der Waals surface area (Å²) in [7, 11) is 1.40. The Kier molecular flexibility index (Phi) is 3.86. The van der Waals surface area contributed by atoms with E-state index in [0.29, 0.717) is 12.1 Å². The van der Waals surface area contributed by atoms with Gasteiger partial charge in [-0.3, -0.25) is 0 Å². The molecule has 4 rings (SSSR count). The van der Waals surface area contributed by atoms with Crippen LogP contribution in [-0.2, 0) is 20.8 Å². The summed E-state index contributed by atoms with van der Waals surface area (Å²) in [6.07, 6.45) is 3.93. The Bertz CT molecular complexity index is 738. The number of benzene rings is 1. The van der Waals surface area contributed by atoms with E-state index in [2.05, 4.69) is 17.0 Å². The van der Waals surface area contributed by atoms with Crippen molar-refractivity contribution in [2.75, 3.05) is 7.11 Å². The second-order valence-electron chi connectivity index (χ2n) is 6.10. The Labute approximate surface area is 140 Å². The Balaban J connectivity index is 1.65. The predicted octanol–water partition coefficient (Wildman–Crippen LogP) is 3.05. The molecule has 0 saturated carbocycles. The van der Waals surface area contributed by atoms with Crippen molar-refractivity contribution >= 4 is 5.97 Å². The van der Waals surface area contributed by atoms with E-state index in [9.17, 15) is 4.79 Å². The minimum atomic E-state index is -0.352. The Hall–Kier alpha value is -2.53. The first kappa shape index (κ1) is 15.0. The second-order valence-corrected chi connectivity index (χ2v) is 6.10. The molecule has 1 aromatic heterocycles. The average Bonchev–Trinajstić information content (AvgIpc) is 3.26. The molecule has 2 bridgehead atoms. The first-order valence-electron chi connectivity index (χ1n) is 8.05. The average molecular weight is 325 g/mol. The summed E-state index contributed by atoms with van der Waals surface area (Å²) in [4.78, 5) is 14.3. The van der Waals surface area contributed by atoms with E-state index in [1.807, 2.05) is 36.5 Å². The lowest BCUT2D eigenvalue weighted by molar-refractivity contribution is -0.139. The van der Waals surface area contributed by atoms with Gasteiger partial charge in [-0.25, -0.2) is 4.79 Å². The number of methoxy groups -OCH3 is 1. The zero-order valence-corrected chi connectivity index (χ0v) is 13.4. The van der Waals surface area contributed by atoms with Gasteiger partial charge in [0.2, 0.25) is 0 Å². The summed E-state index contributed by atoms with van der Waals surface area (Å²) in [5, 5.41) is 0. The van der Waals surface area contributed by atoms with Crippen LogP contribution in [0.5, 0.6) is 0 Å². The van der Waals surface area contributed by atoms with Crippen molar-refractivity contribution in [3.05, 3.63) is 71.8 Å². The normalized spacial score (nSPS) is 25.5. The van der Waals surface area contributed by atoms with Crippen molar-refractivity contribution in [1.29, 1.82) is 0 Å². The van der Waals surface area contributed by atoms with Gasteiger partial charge in [0.25, 0.3) is 0 Å². The summed E-state index contributed by atoms with van der Waals surface area (Å²) in [5.41, 5.74) is 1.71. The first-order valence-corrected chi connectivity index (χ1v) is 8.05. The number of ether oxygens (including phenoxy) is 2. The Morgan fingerprint density at radius 1 is 1.25 bits per heavy atom. The molecular formula is C19H19NO4. The predicted molar refractivity (Wildman–Crippen MR) is 86.8 cm³/mol. The zero-order valence-electron chi connectivity index (χ0n) is 13.4. The zero-order chi connectivity index (χ0) is 16.5. The van der Waals surface area contributed by atoms with E-state index < -0.39 is 0 Å². The minimum Gasteiger partial charge on any atom is -0.469 e. The van der Waals surface area contributed by atoms with Gasteiger partial charge in [0.1, 0.15) is 18.1 Å². The topological polar surface area (TPSA) is 51.9 Å². The van der Waals surface area contributed by atoms with Gasteiger partial charge in [-0.1, -0.05) is 30.3 Å². The molecule has 5 heteroatoms. The third-order valence-electron chi connectivity index (χ3n) is 4.64. The van der Waals surface area contributed by atoms with E-state index in [0.717, 1.165) is 12.2 Å². The fourth-order valence-corrected chi connectivity index (χ4v) is 3.50. The van der Waals surface area contributed by atoms with Crippen LogP contribution in [0.15, 0.2) is 64.9 Å². The summed E-state index contributed by atoms with van der Waals surface area (Å²) < 4.78 is 16.7. The van der Waals surface area contributed by atoms with Crippen LogP contribution in [0, 0.1) is 0 Å². The first-order chi connectivity index (χ1) is 11.8. The van der Waals surface area contributed by atoms with Gasteiger partial charge in [0.05, 0.1) is 24.9 Å². The number of nitrogens with zero attached hydrogens (tertiary/aromatic N) is 1. The number of furan rings is 1. The molecule has 0 amide bonds. The number of carbonyl (C=O) groups excluding carboxylic acids is 1. The van der Waals surface area contributed by atoms with Gasteiger partial charge >= 0.3 is 5.97 Å². The molecule has 0 aliphatic carbocycles. The smallest absolute Gasteiger partial charge is 0.337 e. The van der Waals surface area contributed by atoms with Gasteiger partial charge in [0, 0.05) is 19.2 Å². The van der Waals surface area contributed by atoms with Crippen LogP contribution in [0.2, 0.25) is 0 Å². The number of rotatable bonds is 4. The summed E-state index contributed by atoms with van der Waals surface area (Å²) in [5.74, 6) is 0.518. The van der Waals surface area contributed by atoms with Crippen LogP contribution in [0.1, 0.15) is 23.7 Å². The maximum absolute atomic E-state index is 12.2. The van der Waals surface area contributed by atoms with E-state index >= 15 is 0 Å². The molecule has 3 atom stereocenters. The SMILES string of the molecule is COC(=O)C1=CN(Cc2ccccc2)[C@@H]2C[C@H](c3ccco3)[C@H]1O2. The molecule has 2 aliphatic heterocycles. The van der Waals surface area contributed by atoms with Gasteiger partial charge in [-0.15, -0.1) is 0 Å². The molecule has 2 aromatic rings. The lowest BCUT2D eigenvalue weighted by atomic mass is 9.94. The largest absolute Gasteiger partial charge is 0.469 e. The van der Waals surface area contributed by atoms with E-state index in [-0.39, 0.29) is 24.2 Å². The highest BCUT2D eigenvalue weighted by Gasteiger charge is 2.47. The van der Waals surface area contributed by atoms with Crippen LogP contribution < -0.4 is 0 Å². The van der Waals surface area contributed by atoms with Crippen molar-refractivity contribution < 1.29 is 18.7 Å². The fraction of sp³-hybridized carbons (Fsp3) is 0.316. The van der Waals surface area contributed by atoms with Gasteiger partial charge in [0.15, 0.2) is 0 Å². The monoisotopic (exact) mass is 325 g/mol. The van der Waals surface area contributed by atoms with Crippen LogP contribution in [0.4, 0.5) is 0 Å². The van der Waals surface area contributed by atoms with Crippen molar-refractivity contribution in [3.8, 4) is 0 Å². The van der Waals surface area contributed by atoms with Crippen molar-refractivity contribution in [2.24, 2.45) is 0 Å². The summed E-state index contributed by atoms with van der Waals surface area (Å²) >= 11 is 0. The maximum atomic E-state index is 12.2. The minimum absolute atomic E-state index is 0.0242. The third-order valence-corrected chi connectivity index (χ3v) is 4.64. The molecule has 1 fully saturated rings. The molecule has 1 saturated heterocycles. The molecule has 0 spiro atoms. The molecule has 0 N–H and O–H groups in total. The van der Waals surface area contributed by atoms with Crippen LogP contribution in [0.25, 0.3) is 0 Å². The van der Waals surface area contributed by atoms with E-state index in [4.69, 9.17) is 13.9 Å². The summed E-state index contributed by atoms with van der Waals surface area (Å²) in [6, 6.07) is 13.9. The molecule has 5 nitrogen and oxygen atoms in total. The van der Waals surface area contributed by atoms with Gasteiger partial charge < -0.3 is 18.8 Å². The Morgan fingerprint density at radius 2 is 2.08 bits per heavy atom. The highest BCUT2D eigenvalue weighted by Crippen LogP contribution is 2.43. The Morgan fingerprint density at radius 3 is 2.79 bits per heavy atom. The quantitative estimate of drug-likeness (QED) is 0.809. The highest BCUT2D eigenvalue weighted by atomic mass is 16.5. The van der Waals surface area contributed by atoms with Crippen molar-refractivity contribution in [2.45, 2.75) is 31.2 Å². The standard InChI is InChI=1S/C19H19NO4/c1-22-19(21)15-12-20(11-13-6-3-2-4-7-13)17-10-14(18(15)24-17)16-8-5-9-23-16/h2-9,12,14,17-18H,10-11H2,1H3/t14-,17+,18-/m1/s1. The van der Waals surface area contributed by atoms with Crippen LogP contribution in [-0.4, -0.2) is 30.3 Å². The van der Waals surface area contributed by atoms with Gasteiger partial charge in [-0.2, -0.15) is 0 Å². The lowest BCUT2D eigenvalue weighted by Crippen LogP contribution is -2.37. The van der Waals surface area contributed by atoms with Crippen LogP contribution >= 0.6 is 0 Å². The highest BCUT2D eigenvalue weighted by molar-refractivity contribution is 5.90. The van der Waals surface area contributed by atoms with E-state index in [1.54, 1.807) is 6.26 Å². The third kappa shape index (κ3) is 2.61. The number of hydrogen-bond donors (Lipinski definition) is 0. The van der Waals surface area contributed by atoms with E-state index in [1.165, 1.54) is 12.7 Å².